The molecule has 8 heteroatoms. The van der Waals surface area contributed by atoms with Crippen molar-refractivity contribution in [3.63, 3.8) is 0 Å². The first kappa shape index (κ1) is 15.9. The Morgan fingerprint density at radius 2 is 2.12 bits per heavy atom. The van der Waals surface area contributed by atoms with Crippen LogP contribution < -0.4 is 10.1 Å². The lowest BCUT2D eigenvalue weighted by atomic mass is 10.2. The summed E-state index contributed by atoms with van der Waals surface area (Å²) in [6, 6.07) is 11.8. The molecule has 0 spiro atoms. The van der Waals surface area contributed by atoms with Crippen LogP contribution in [-0.4, -0.2) is 22.4 Å². The number of aromatic nitrogens is 1. The minimum absolute atomic E-state index is 0.0150. The predicted molar refractivity (Wildman–Crippen MR) is 91.6 cm³/mol. The fourth-order valence-electron chi connectivity index (χ4n) is 2.13. The third-order valence-electron chi connectivity index (χ3n) is 3.27. The molecular formula is C16H13N3O4S. The molecule has 122 valence electrons. The average Bonchev–Trinajstić information content (AvgIpc) is 2.95. The maximum Gasteiger partial charge on any atom is 0.269 e. The van der Waals surface area contributed by atoms with Crippen LogP contribution in [-0.2, 0) is 4.79 Å². The zero-order chi connectivity index (χ0) is 17.1. The fourth-order valence-corrected chi connectivity index (χ4v) is 3.02. The lowest BCUT2D eigenvalue weighted by Crippen LogP contribution is -2.20. The van der Waals surface area contributed by atoms with Gasteiger partial charge in [0, 0.05) is 12.1 Å². The normalized spacial score (nSPS) is 10.5. The molecule has 0 aliphatic rings. The van der Waals surface area contributed by atoms with Crippen molar-refractivity contribution < 1.29 is 14.5 Å². The highest BCUT2D eigenvalue weighted by atomic mass is 32.1. The van der Waals surface area contributed by atoms with Crippen molar-refractivity contribution in [1.82, 2.24) is 4.98 Å². The van der Waals surface area contributed by atoms with Gasteiger partial charge in [-0.05, 0) is 30.7 Å². The molecule has 3 aromatic rings. The summed E-state index contributed by atoms with van der Waals surface area (Å²) in [7, 11) is 0. The number of carbonyl (C=O) groups is 1. The first-order valence-electron chi connectivity index (χ1n) is 7.06. The Balaban J connectivity index is 1.62. The van der Waals surface area contributed by atoms with Crippen molar-refractivity contribution >= 4 is 38.3 Å². The molecule has 1 heterocycles. The molecule has 24 heavy (non-hydrogen) atoms. The standard InChI is InChI=1S/C16H13N3O4S/c1-10-8-11(19(21)22)6-7-13(10)23-9-15(20)18-16-17-12-4-2-3-5-14(12)24-16/h2-8H,9H2,1H3,(H,17,18,20). The first-order chi connectivity index (χ1) is 11.5. The summed E-state index contributed by atoms with van der Waals surface area (Å²) in [6.07, 6.45) is 0. The summed E-state index contributed by atoms with van der Waals surface area (Å²) in [4.78, 5) is 26.5. The van der Waals surface area contributed by atoms with Gasteiger partial charge in [-0.15, -0.1) is 0 Å². The van der Waals surface area contributed by atoms with Gasteiger partial charge in [-0.3, -0.25) is 20.2 Å². The summed E-state index contributed by atoms with van der Waals surface area (Å²) in [5.74, 6) is 0.0897. The van der Waals surface area contributed by atoms with E-state index in [1.165, 1.54) is 29.5 Å². The molecule has 1 aromatic heterocycles. The number of thiazole rings is 1. The number of hydrogen-bond acceptors (Lipinski definition) is 6. The number of rotatable bonds is 5. The van der Waals surface area contributed by atoms with Crippen LogP contribution in [0, 0.1) is 17.0 Å². The number of amides is 1. The van der Waals surface area contributed by atoms with Crippen molar-refractivity contribution in [3.05, 3.63) is 58.1 Å². The maximum atomic E-state index is 12.0. The second kappa shape index (κ2) is 6.63. The lowest BCUT2D eigenvalue weighted by molar-refractivity contribution is -0.384. The fraction of sp³-hybridized carbons (Fsp3) is 0.125. The number of fused-ring (bicyclic) bond motifs is 1. The van der Waals surface area contributed by atoms with Crippen LogP contribution in [0.1, 0.15) is 5.56 Å². The van der Waals surface area contributed by atoms with Crippen LogP contribution in [0.15, 0.2) is 42.5 Å². The topological polar surface area (TPSA) is 94.4 Å². The minimum Gasteiger partial charge on any atom is -0.483 e. The maximum absolute atomic E-state index is 12.0. The highest BCUT2D eigenvalue weighted by molar-refractivity contribution is 7.22. The Morgan fingerprint density at radius 1 is 1.33 bits per heavy atom. The summed E-state index contributed by atoms with van der Waals surface area (Å²) in [5, 5.41) is 13.9. The molecule has 0 saturated heterocycles. The van der Waals surface area contributed by atoms with Gasteiger partial charge < -0.3 is 4.74 Å². The van der Waals surface area contributed by atoms with E-state index in [4.69, 9.17) is 4.74 Å². The Bertz CT molecular complexity index is 890. The number of nitrogens with one attached hydrogen (secondary N) is 1. The number of hydrogen-bond donors (Lipinski definition) is 1. The third kappa shape index (κ3) is 3.49. The van der Waals surface area contributed by atoms with Crippen LogP contribution in [0.5, 0.6) is 5.75 Å². The molecule has 7 nitrogen and oxygen atoms in total. The third-order valence-corrected chi connectivity index (χ3v) is 4.22. The summed E-state index contributed by atoms with van der Waals surface area (Å²) >= 11 is 1.38. The number of ether oxygens (including phenoxy) is 1. The van der Waals surface area contributed by atoms with Gasteiger partial charge in [0.1, 0.15) is 5.75 Å². The van der Waals surface area contributed by atoms with E-state index >= 15 is 0 Å². The van der Waals surface area contributed by atoms with Gasteiger partial charge in [-0.25, -0.2) is 4.98 Å². The number of carbonyl (C=O) groups excluding carboxylic acids is 1. The molecule has 1 amide bonds. The van der Waals surface area contributed by atoms with E-state index in [2.05, 4.69) is 10.3 Å². The molecule has 0 unspecified atom stereocenters. The molecular weight excluding hydrogens is 330 g/mol. The number of benzene rings is 2. The number of nitro groups is 1. The van der Waals surface area contributed by atoms with E-state index < -0.39 is 4.92 Å². The second-order valence-corrected chi connectivity index (χ2v) is 6.06. The number of non-ortho nitro benzene ring substituents is 1. The lowest BCUT2D eigenvalue weighted by Gasteiger charge is -2.08. The van der Waals surface area contributed by atoms with Gasteiger partial charge in [0.15, 0.2) is 11.7 Å². The molecule has 0 radical (unpaired) electrons. The number of para-hydroxylation sites is 1. The molecule has 1 N–H and O–H groups in total. The van der Waals surface area contributed by atoms with Crippen LogP contribution in [0.4, 0.5) is 10.8 Å². The van der Waals surface area contributed by atoms with E-state index in [0.29, 0.717) is 16.4 Å². The Hall–Kier alpha value is -3.00. The largest absolute Gasteiger partial charge is 0.483 e. The average molecular weight is 343 g/mol. The highest BCUT2D eigenvalue weighted by Gasteiger charge is 2.11. The Morgan fingerprint density at radius 3 is 2.83 bits per heavy atom. The Labute approximate surface area is 141 Å². The van der Waals surface area contributed by atoms with Gasteiger partial charge in [0.25, 0.3) is 11.6 Å². The van der Waals surface area contributed by atoms with E-state index in [1.807, 2.05) is 24.3 Å². The van der Waals surface area contributed by atoms with E-state index in [-0.39, 0.29) is 18.2 Å². The van der Waals surface area contributed by atoms with Crippen molar-refractivity contribution in [1.29, 1.82) is 0 Å². The van der Waals surface area contributed by atoms with Crippen LogP contribution in [0.25, 0.3) is 10.2 Å². The second-order valence-electron chi connectivity index (χ2n) is 5.03. The van der Waals surface area contributed by atoms with E-state index in [1.54, 1.807) is 6.92 Å². The predicted octanol–water partition coefficient (Wildman–Crippen LogP) is 3.53. The highest BCUT2D eigenvalue weighted by Crippen LogP contribution is 2.26. The van der Waals surface area contributed by atoms with E-state index in [0.717, 1.165) is 10.2 Å². The van der Waals surface area contributed by atoms with Gasteiger partial charge in [-0.2, -0.15) is 0 Å². The van der Waals surface area contributed by atoms with Crippen molar-refractivity contribution in [2.24, 2.45) is 0 Å². The van der Waals surface area contributed by atoms with Crippen molar-refractivity contribution in [2.75, 3.05) is 11.9 Å². The number of aryl methyl sites for hydroxylation is 1. The summed E-state index contributed by atoms with van der Waals surface area (Å²) < 4.78 is 6.41. The molecule has 0 saturated carbocycles. The van der Waals surface area contributed by atoms with Gasteiger partial charge in [0.05, 0.1) is 15.1 Å². The van der Waals surface area contributed by atoms with Gasteiger partial charge >= 0.3 is 0 Å². The molecule has 0 aliphatic heterocycles. The molecule has 0 aliphatic carbocycles. The number of anilines is 1. The van der Waals surface area contributed by atoms with Crippen LogP contribution >= 0.6 is 11.3 Å². The van der Waals surface area contributed by atoms with Crippen molar-refractivity contribution in [3.8, 4) is 5.75 Å². The minimum atomic E-state index is -0.476. The molecule has 0 fully saturated rings. The SMILES string of the molecule is Cc1cc([N+](=O)[O-])ccc1OCC(=O)Nc1nc2ccccc2s1. The zero-order valence-electron chi connectivity index (χ0n) is 12.7. The molecule has 2 aromatic carbocycles. The molecule has 3 rings (SSSR count). The smallest absolute Gasteiger partial charge is 0.269 e. The molecule has 0 bridgehead atoms. The summed E-state index contributed by atoms with van der Waals surface area (Å²) in [5.41, 5.74) is 1.40. The number of nitrogens with zero attached hydrogens (tertiary/aromatic N) is 2. The Kier molecular flexibility index (Phi) is 4.39. The number of nitro benzene ring substituents is 1. The monoisotopic (exact) mass is 343 g/mol. The zero-order valence-corrected chi connectivity index (χ0v) is 13.5. The summed E-state index contributed by atoms with van der Waals surface area (Å²) in [6.45, 7) is 1.49. The first-order valence-corrected chi connectivity index (χ1v) is 7.88. The molecule has 0 atom stereocenters. The van der Waals surface area contributed by atoms with Crippen molar-refractivity contribution in [2.45, 2.75) is 6.92 Å². The van der Waals surface area contributed by atoms with Gasteiger partial charge in [0.2, 0.25) is 0 Å². The quantitative estimate of drug-likeness (QED) is 0.565. The van der Waals surface area contributed by atoms with Gasteiger partial charge in [-0.1, -0.05) is 23.5 Å². The van der Waals surface area contributed by atoms with E-state index in [9.17, 15) is 14.9 Å². The van der Waals surface area contributed by atoms with Crippen LogP contribution in [0.3, 0.4) is 0 Å². The van der Waals surface area contributed by atoms with Crippen LogP contribution in [0.2, 0.25) is 0 Å².